The highest BCUT2D eigenvalue weighted by molar-refractivity contribution is 6.30. The molecule has 3 heterocycles. The Morgan fingerprint density at radius 1 is 1.11 bits per heavy atom. The number of imidazole rings is 1. The number of H-pyrrole nitrogens is 1. The molecule has 182 valence electrons. The largest absolute Gasteiger partial charge is 0.396 e. The van der Waals surface area contributed by atoms with Crippen molar-refractivity contribution in [2.24, 2.45) is 0 Å². The minimum atomic E-state index is -0.249. The number of aromatic amines is 1. The molecule has 4 aromatic rings. The number of aromatic nitrogens is 4. The Morgan fingerprint density at radius 3 is 2.57 bits per heavy atom. The standard InChI is InChI=1S/C26H29ClN6O2/c27-21-8-6-19(7-9-21)22(12-15-34)29-26-30-25(35)23-16-28-24(33(23)31-26)20-10-13-32(14-11-20)17-18-4-2-1-3-5-18/h1-9,16,20,22,34H,10-15,17H2,(H2,29,30,31,35). The van der Waals surface area contributed by atoms with Crippen LogP contribution in [-0.2, 0) is 6.54 Å². The maximum Gasteiger partial charge on any atom is 0.278 e. The van der Waals surface area contributed by atoms with Gasteiger partial charge in [-0.15, -0.1) is 5.10 Å². The summed E-state index contributed by atoms with van der Waals surface area (Å²) in [5.41, 5.74) is 2.45. The van der Waals surface area contributed by atoms with Crippen molar-refractivity contribution in [3.8, 4) is 0 Å². The lowest BCUT2D eigenvalue weighted by atomic mass is 9.96. The third kappa shape index (κ3) is 5.40. The number of anilines is 1. The average molecular weight is 493 g/mol. The smallest absolute Gasteiger partial charge is 0.278 e. The van der Waals surface area contributed by atoms with Crippen molar-refractivity contribution in [3.63, 3.8) is 0 Å². The first-order valence-corrected chi connectivity index (χ1v) is 12.4. The lowest BCUT2D eigenvalue weighted by Gasteiger charge is -2.31. The molecule has 2 aromatic heterocycles. The molecule has 9 heteroatoms. The summed E-state index contributed by atoms with van der Waals surface area (Å²) >= 11 is 6.02. The number of nitrogens with one attached hydrogen (secondary N) is 2. The highest BCUT2D eigenvalue weighted by atomic mass is 35.5. The molecule has 5 rings (SSSR count). The number of rotatable bonds is 8. The Morgan fingerprint density at radius 2 is 1.86 bits per heavy atom. The zero-order valence-electron chi connectivity index (χ0n) is 19.4. The lowest BCUT2D eigenvalue weighted by Crippen LogP contribution is -2.33. The van der Waals surface area contributed by atoms with E-state index in [-0.39, 0.29) is 24.1 Å². The van der Waals surface area contributed by atoms with E-state index in [1.54, 1.807) is 22.8 Å². The number of hydrogen-bond acceptors (Lipinski definition) is 6. The lowest BCUT2D eigenvalue weighted by molar-refractivity contribution is 0.201. The normalized spacial score (nSPS) is 15.9. The molecule has 1 aliphatic rings. The highest BCUT2D eigenvalue weighted by Gasteiger charge is 2.25. The Labute approximate surface area is 208 Å². The Bertz CT molecular complexity index is 1310. The number of hydrogen-bond donors (Lipinski definition) is 3. The third-order valence-corrected chi connectivity index (χ3v) is 6.88. The molecule has 2 aromatic carbocycles. The molecule has 0 radical (unpaired) electrons. The van der Waals surface area contributed by atoms with Crippen molar-refractivity contribution in [3.05, 3.63) is 93.1 Å². The van der Waals surface area contributed by atoms with Crippen molar-refractivity contribution in [2.75, 3.05) is 25.0 Å². The van der Waals surface area contributed by atoms with Crippen LogP contribution in [0.15, 0.2) is 65.6 Å². The van der Waals surface area contributed by atoms with Gasteiger partial charge in [-0.25, -0.2) is 9.50 Å². The van der Waals surface area contributed by atoms with Crippen LogP contribution < -0.4 is 10.9 Å². The predicted octanol–water partition coefficient (Wildman–Crippen LogP) is 3.99. The molecule has 1 fully saturated rings. The molecule has 0 spiro atoms. The van der Waals surface area contributed by atoms with Crippen molar-refractivity contribution >= 4 is 23.1 Å². The first kappa shape index (κ1) is 23.5. The monoisotopic (exact) mass is 492 g/mol. The van der Waals surface area contributed by atoms with Crippen LogP contribution in [0.4, 0.5) is 5.95 Å². The fourth-order valence-corrected chi connectivity index (χ4v) is 4.89. The van der Waals surface area contributed by atoms with Gasteiger partial charge in [0, 0.05) is 24.1 Å². The summed E-state index contributed by atoms with van der Waals surface area (Å²) in [6.07, 6.45) is 3.98. The maximum atomic E-state index is 12.8. The minimum Gasteiger partial charge on any atom is -0.396 e. The number of halogens is 1. The van der Waals surface area contributed by atoms with Gasteiger partial charge in [0.05, 0.1) is 12.2 Å². The zero-order chi connectivity index (χ0) is 24.2. The van der Waals surface area contributed by atoms with Crippen LogP contribution in [0.1, 0.15) is 48.2 Å². The predicted molar refractivity (Wildman–Crippen MR) is 137 cm³/mol. The van der Waals surface area contributed by atoms with Crippen LogP contribution in [-0.4, -0.2) is 49.3 Å². The van der Waals surface area contributed by atoms with Crippen molar-refractivity contribution < 1.29 is 5.11 Å². The van der Waals surface area contributed by atoms with Gasteiger partial charge in [-0.2, -0.15) is 0 Å². The summed E-state index contributed by atoms with van der Waals surface area (Å²) < 4.78 is 1.68. The number of nitrogens with zero attached hydrogens (tertiary/aromatic N) is 4. The van der Waals surface area contributed by atoms with Gasteiger partial charge in [-0.1, -0.05) is 54.1 Å². The Hall–Kier alpha value is -3.20. The van der Waals surface area contributed by atoms with Crippen LogP contribution >= 0.6 is 11.6 Å². The molecule has 0 aliphatic carbocycles. The Balaban J connectivity index is 1.34. The number of likely N-dealkylation sites (tertiary alicyclic amines) is 1. The van der Waals surface area contributed by atoms with E-state index in [0.717, 1.165) is 43.9 Å². The molecule has 35 heavy (non-hydrogen) atoms. The molecule has 0 amide bonds. The highest BCUT2D eigenvalue weighted by Crippen LogP contribution is 2.28. The molecular formula is C26H29ClN6O2. The van der Waals surface area contributed by atoms with E-state index in [1.165, 1.54) is 5.56 Å². The van der Waals surface area contributed by atoms with Crippen LogP contribution in [0.3, 0.4) is 0 Å². The summed E-state index contributed by atoms with van der Waals surface area (Å²) in [5, 5.41) is 18.2. The second kappa shape index (κ2) is 10.6. The number of aliphatic hydroxyl groups is 1. The molecular weight excluding hydrogens is 464 g/mol. The fourth-order valence-electron chi connectivity index (χ4n) is 4.76. The van der Waals surface area contributed by atoms with Gasteiger partial charge in [0.25, 0.3) is 5.56 Å². The first-order valence-electron chi connectivity index (χ1n) is 12.0. The average Bonchev–Trinajstić information content (AvgIpc) is 3.30. The van der Waals surface area contributed by atoms with Gasteiger partial charge in [0.1, 0.15) is 5.82 Å². The second-order valence-electron chi connectivity index (χ2n) is 9.01. The summed E-state index contributed by atoms with van der Waals surface area (Å²) in [4.78, 5) is 22.7. The number of aliphatic hydroxyl groups excluding tert-OH is 1. The van der Waals surface area contributed by atoms with Crippen molar-refractivity contribution in [2.45, 2.75) is 37.8 Å². The molecule has 8 nitrogen and oxygen atoms in total. The molecule has 1 atom stereocenters. The molecule has 0 bridgehead atoms. The summed E-state index contributed by atoms with van der Waals surface area (Å²) in [5.74, 6) is 1.39. The van der Waals surface area contributed by atoms with E-state index in [0.29, 0.717) is 22.9 Å². The van der Waals surface area contributed by atoms with Crippen LogP contribution in [0, 0.1) is 0 Å². The molecule has 1 unspecified atom stereocenters. The number of fused-ring (bicyclic) bond motifs is 1. The molecule has 3 N–H and O–H groups in total. The van der Waals surface area contributed by atoms with E-state index in [1.807, 2.05) is 18.2 Å². The van der Waals surface area contributed by atoms with Crippen LogP contribution in [0.25, 0.3) is 5.52 Å². The topological polar surface area (TPSA) is 98.5 Å². The summed E-state index contributed by atoms with van der Waals surface area (Å²) in [6.45, 7) is 2.87. The van der Waals surface area contributed by atoms with Gasteiger partial charge in [-0.05, 0) is 55.6 Å². The quantitative estimate of drug-likeness (QED) is 0.344. The van der Waals surface area contributed by atoms with Gasteiger partial charge in [0.15, 0.2) is 5.52 Å². The van der Waals surface area contributed by atoms with Crippen molar-refractivity contribution in [1.82, 2.24) is 24.5 Å². The zero-order valence-corrected chi connectivity index (χ0v) is 20.2. The maximum absolute atomic E-state index is 12.8. The second-order valence-corrected chi connectivity index (χ2v) is 9.45. The third-order valence-electron chi connectivity index (χ3n) is 6.63. The van der Waals surface area contributed by atoms with E-state index in [2.05, 4.69) is 49.5 Å². The first-order chi connectivity index (χ1) is 17.1. The Kier molecular flexibility index (Phi) is 7.13. The molecule has 1 saturated heterocycles. The van der Waals surface area contributed by atoms with E-state index >= 15 is 0 Å². The minimum absolute atomic E-state index is 0.00928. The SMILES string of the molecule is O=c1[nH]c(NC(CCO)c2ccc(Cl)cc2)nn2c(C3CCN(Cc4ccccc4)CC3)ncc12. The summed E-state index contributed by atoms with van der Waals surface area (Å²) in [6, 6.07) is 17.7. The van der Waals surface area contributed by atoms with Gasteiger partial charge >= 0.3 is 0 Å². The van der Waals surface area contributed by atoms with Crippen LogP contribution in [0.5, 0.6) is 0 Å². The van der Waals surface area contributed by atoms with E-state index < -0.39 is 0 Å². The molecule has 1 aliphatic heterocycles. The molecule has 0 saturated carbocycles. The van der Waals surface area contributed by atoms with Gasteiger partial charge in [0.2, 0.25) is 5.95 Å². The van der Waals surface area contributed by atoms with Crippen molar-refractivity contribution in [1.29, 1.82) is 0 Å². The van der Waals surface area contributed by atoms with Crippen LogP contribution in [0.2, 0.25) is 5.02 Å². The number of piperidine rings is 1. The summed E-state index contributed by atoms with van der Waals surface area (Å²) in [7, 11) is 0. The van der Waals surface area contributed by atoms with E-state index in [9.17, 15) is 9.90 Å². The fraction of sp³-hybridized carbons (Fsp3) is 0.346. The van der Waals surface area contributed by atoms with E-state index in [4.69, 9.17) is 11.6 Å². The number of benzene rings is 2. The van der Waals surface area contributed by atoms with Gasteiger partial charge < -0.3 is 10.4 Å². The van der Waals surface area contributed by atoms with Gasteiger partial charge in [-0.3, -0.25) is 14.7 Å².